The maximum Gasteiger partial charge on any atom is 4.00 e. The largest absolute Gasteiger partial charge is 4.00 e. The molecule has 70 valence electrons. The Morgan fingerprint density at radius 1 is 0.846 bits per heavy atom. The Morgan fingerprint density at radius 3 is 1.08 bits per heavy atom. The van der Waals surface area contributed by atoms with Crippen molar-refractivity contribution < 1.29 is 51.0 Å². The molecular weight excluding hydrogens is 714 g/mol. The normalized spacial score (nSPS) is 6.92. The molecule has 0 aliphatic rings. The van der Waals surface area contributed by atoms with E-state index in [2.05, 4.69) is 30.1 Å². The second-order valence-corrected chi connectivity index (χ2v) is 3.95. The molecule has 0 aliphatic carbocycles. The molecular formula is C6H8Bi2Cl2P2Zr. The van der Waals surface area contributed by atoms with Gasteiger partial charge in [-0.3, -0.25) is 0 Å². The summed E-state index contributed by atoms with van der Waals surface area (Å²) in [5.41, 5.74) is 0. The molecule has 0 aromatic rings. The van der Waals surface area contributed by atoms with Gasteiger partial charge in [-0.2, -0.15) is 0 Å². The van der Waals surface area contributed by atoms with Crippen LogP contribution in [0.2, 0.25) is 0 Å². The molecule has 0 amide bonds. The Bertz CT molecular complexity index is 127. The van der Waals surface area contributed by atoms with Crippen LogP contribution in [0.5, 0.6) is 0 Å². The quantitative estimate of drug-likeness (QED) is 0.152. The van der Waals surface area contributed by atoms with Gasteiger partial charge in [0.15, 0.2) is 0 Å². The predicted molar refractivity (Wildman–Crippen MR) is 58.7 cm³/mol. The van der Waals surface area contributed by atoms with Crippen LogP contribution in [0.4, 0.5) is 0 Å². The summed E-state index contributed by atoms with van der Waals surface area (Å²) in [6.07, 6.45) is 3.77. The zero-order chi connectivity index (χ0) is 8.24. The van der Waals surface area contributed by atoms with Gasteiger partial charge in [0.25, 0.3) is 0 Å². The topological polar surface area (TPSA) is 0 Å². The average molecular weight is 722 g/mol. The van der Waals surface area contributed by atoms with E-state index in [0.717, 1.165) is 0 Å². The van der Waals surface area contributed by atoms with Crippen LogP contribution >= 0.6 is 18.5 Å². The van der Waals surface area contributed by atoms with Crippen LogP contribution in [0.3, 0.4) is 0 Å². The molecule has 0 fully saturated rings. The molecule has 0 aromatic carbocycles. The van der Waals surface area contributed by atoms with E-state index in [-0.39, 0.29) is 51.0 Å². The van der Waals surface area contributed by atoms with E-state index >= 15 is 0 Å². The number of halogens is 2. The summed E-state index contributed by atoms with van der Waals surface area (Å²) in [5, 5.41) is 0. The van der Waals surface area contributed by atoms with Gasteiger partial charge < -0.3 is 24.8 Å². The molecule has 0 N–H and O–H groups in total. The van der Waals surface area contributed by atoms with Crippen LogP contribution in [-0.4, -0.2) is 55.9 Å². The molecule has 0 nitrogen and oxygen atoms in total. The minimum Gasteiger partial charge on any atom is -1.00 e. The Balaban J connectivity index is -0.0000000267. The molecule has 0 aliphatic heterocycles. The Morgan fingerprint density at radius 2 is 1.08 bits per heavy atom. The molecule has 2 atom stereocenters. The van der Waals surface area contributed by atoms with Gasteiger partial charge in [0.2, 0.25) is 0 Å². The second-order valence-electron chi connectivity index (χ2n) is 0.965. The van der Waals surface area contributed by atoms with Crippen molar-refractivity contribution in [2.75, 3.05) is 0 Å². The molecule has 2 radical (unpaired) electrons. The average Bonchev–Trinajstić information content (AvgIpc) is 1.93. The van der Waals surface area contributed by atoms with Gasteiger partial charge in [0.1, 0.15) is 0 Å². The molecule has 0 spiro atoms. The van der Waals surface area contributed by atoms with E-state index in [1.165, 1.54) is 48.5 Å². The molecule has 0 saturated heterocycles. The fourth-order valence-electron chi connectivity index (χ4n) is 0.0861. The van der Waals surface area contributed by atoms with Crippen LogP contribution in [0.25, 0.3) is 0 Å². The number of rotatable bonds is 2. The molecule has 0 heterocycles. The first-order valence-corrected chi connectivity index (χ1v) is 7.51. The van der Waals surface area contributed by atoms with E-state index in [0.29, 0.717) is 0 Å². The summed E-state index contributed by atoms with van der Waals surface area (Å²) >= 11 is 2.61. The van der Waals surface area contributed by atoms with E-state index in [1.54, 1.807) is 0 Å². The molecule has 2 unspecified atom stereocenters. The van der Waals surface area contributed by atoms with E-state index in [4.69, 9.17) is 0 Å². The Labute approximate surface area is 147 Å². The third kappa shape index (κ3) is 50.8. The first-order chi connectivity index (χ1) is 4.83. The van der Waals surface area contributed by atoms with Gasteiger partial charge in [-0.1, -0.05) is 0 Å². The summed E-state index contributed by atoms with van der Waals surface area (Å²) < 4.78 is 4.07. The summed E-state index contributed by atoms with van der Waals surface area (Å²) in [4.78, 5) is 0. The Kier molecular flexibility index (Phi) is 83.2. The van der Waals surface area contributed by atoms with Gasteiger partial charge in [-0.05, 0) is 0 Å². The summed E-state index contributed by atoms with van der Waals surface area (Å²) in [6.45, 7) is 0. The van der Waals surface area contributed by atoms with Crippen molar-refractivity contribution in [3.05, 3.63) is 23.8 Å². The van der Waals surface area contributed by atoms with Crippen LogP contribution < -0.4 is 24.8 Å². The van der Waals surface area contributed by atoms with Crippen LogP contribution in [0, 0.1) is 11.6 Å². The minimum atomic E-state index is 0. The van der Waals surface area contributed by atoms with Crippen LogP contribution in [0.15, 0.2) is 12.2 Å². The monoisotopic (exact) mass is 720 g/mol. The SMILES string of the molecule is P[C-]=C[CH]=[Bi].P[C-]=C[CH]=[Bi].[Cl-].[Cl-].[Zr+4]. The van der Waals surface area contributed by atoms with Crippen LogP contribution in [0.1, 0.15) is 0 Å². The zero-order valence-corrected chi connectivity index (χ0v) is 19.8. The smallest absolute Gasteiger partial charge is 1.00 e. The minimum absolute atomic E-state index is 0. The molecule has 0 aromatic heterocycles. The molecule has 13 heavy (non-hydrogen) atoms. The number of allylic oxidation sites excluding steroid dienone is 2. The van der Waals surface area contributed by atoms with E-state index in [1.807, 2.05) is 19.6 Å². The van der Waals surface area contributed by atoms with E-state index in [9.17, 15) is 0 Å². The summed E-state index contributed by atoms with van der Waals surface area (Å²) in [6, 6.07) is 0. The van der Waals surface area contributed by atoms with Gasteiger partial charge in [-0.25, -0.2) is 0 Å². The van der Waals surface area contributed by atoms with Gasteiger partial charge in [0, 0.05) is 0 Å². The number of hydrogen-bond acceptors (Lipinski definition) is 0. The van der Waals surface area contributed by atoms with Crippen molar-refractivity contribution in [1.29, 1.82) is 0 Å². The van der Waals surface area contributed by atoms with Crippen molar-refractivity contribution in [3.63, 3.8) is 0 Å². The standard InChI is InChI=1S/2C3H4P.2Bi.2ClH.Zr/c2*1-2-3-4;;;;;/h2*1-2H,4H2;;;2*1H;/q2*-1;;;;;+4/p-2. The van der Waals surface area contributed by atoms with Crippen molar-refractivity contribution in [3.8, 4) is 0 Å². The zero-order valence-electron chi connectivity index (χ0n) is 6.61. The van der Waals surface area contributed by atoms with Crippen molar-refractivity contribution in [2.45, 2.75) is 0 Å². The van der Waals surface area contributed by atoms with Gasteiger partial charge >= 0.3 is 124 Å². The molecule has 0 saturated carbocycles. The van der Waals surface area contributed by atoms with Crippen molar-refractivity contribution in [1.82, 2.24) is 0 Å². The first-order valence-electron chi connectivity index (χ1n) is 2.34. The van der Waals surface area contributed by atoms with Crippen molar-refractivity contribution in [2.24, 2.45) is 0 Å². The summed E-state index contributed by atoms with van der Waals surface area (Å²) in [5.74, 6) is 5.56. The maximum atomic E-state index is 2.78. The number of hydrogen-bond donors (Lipinski definition) is 0. The molecule has 7 heteroatoms. The molecule has 0 rings (SSSR count). The second kappa shape index (κ2) is 36.2. The maximum absolute atomic E-state index is 2.78. The molecule has 0 bridgehead atoms. The van der Waals surface area contributed by atoms with Gasteiger partial charge in [0.05, 0.1) is 0 Å². The Hall–Kier alpha value is 3.31. The fraction of sp³-hybridized carbons (Fsp3) is 0. The third-order valence-corrected chi connectivity index (χ3v) is 1.89. The summed E-state index contributed by atoms with van der Waals surface area (Å²) in [7, 11) is 4.76. The predicted octanol–water partition coefficient (Wildman–Crippen LogP) is -5.70. The van der Waals surface area contributed by atoms with Gasteiger partial charge in [-0.15, -0.1) is 0 Å². The van der Waals surface area contributed by atoms with Crippen molar-refractivity contribution >= 4 is 74.4 Å². The third-order valence-electron chi connectivity index (χ3n) is 0.342. The van der Waals surface area contributed by atoms with E-state index < -0.39 is 0 Å². The fourth-order valence-corrected chi connectivity index (χ4v) is 2.27. The first kappa shape index (κ1) is 29.9. The van der Waals surface area contributed by atoms with Crippen LogP contribution in [-0.2, 0) is 26.2 Å².